The molecule has 14 nitrogen and oxygen atoms in total. The third-order valence-electron chi connectivity index (χ3n) is 8.22. The predicted molar refractivity (Wildman–Crippen MR) is 145 cm³/mol. The lowest BCUT2D eigenvalue weighted by molar-refractivity contribution is -0.219. The Labute approximate surface area is 246 Å². The Balaban J connectivity index is 1.48. The normalized spacial score (nSPS) is 24.6. The molecule has 3 aliphatic rings. The van der Waals surface area contributed by atoms with Crippen molar-refractivity contribution >= 4 is 0 Å². The van der Waals surface area contributed by atoms with Crippen LogP contribution in [0.5, 0.6) is 69.0 Å². The molecule has 0 amide bonds. The first-order chi connectivity index (χ1) is 20.8. The molecule has 3 heterocycles. The first-order valence-electron chi connectivity index (χ1n) is 13.2. The highest BCUT2D eigenvalue weighted by Gasteiger charge is 2.60. The monoisotopic (exact) mass is 608 g/mol. The fourth-order valence-corrected chi connectivity index (χ4v) is 6.23. The molecule has 0 saturated carbocycles. The molecule has 1 unspecified atom stereocenters. The Kier molecular flexibility index (Phi) is 5.54. The maximum absolute atomic E-state index is 11.9. The highest BCUT2D eigenvalue weighted by Crippen LogP contribution is 2.62. The molecule has 11 N–H and O–H groups in total. The van der Waals surface area contributed by atoms with Crippen LogP contribution in [0.15, 0.2) is 42.5 Å². The van der Waals surface area contributed by atoms with E-state index in [0.717, 1.165) is 36.4 Å². The molecule has 2 bridgehead atoms. The van der Waals surface area contributed by atoms with Crippen molar-refractivity contribution in [3.05, 3.63) is 70.3 Å². The summed E-state index contributed by atoms with van der Waals surface area (Å²) in [6.07, 6.45) is -4.63. The van der Waals surface area contributed by atoms with Gasteiger partial charge in [-0.25, -0.2) is 0 Å². The molecular weight excluding hydrogens is 584 g/mol. The zero-order valence-corrected chi connectivity index (χ0v) is 22.2. The molecule has 44 heavy (non-hydrogen) atoms. The van der Waals surface area contributed by atoms with Gasteiger partial charge < -0.3 is 70.4 Å². The standard InChI is InChI=1S/C30H24O14/c31-11-5-14(33)22-20(6-11)43-30(10-3-17(36)26(40)18(37)4-10)29(41)24(22)23-21(44-30)8-13(32)12-7-19(38)27(42-28(12)23)9-1-15(34)25(39)16(35)2-9/h1-6,8,19,24,27,29,31-41H,7H2/t19-,24-,27+,29?,30+/m0/s1. The van der Waals surface area contributed by atoms with E-state index < -0.39 is 81.8 Å². The summed E-state index contributed by atoms with van der Waals surface area (Å²) < 4.78 is 18.4. The number of phenolic OH excluding ortho intramolecular Hbond substituents is 9. The Hall–Kier alpha value is -5.60. The molecule has 0 fully saturated rings. The average molecular weight is 609 g/mol. The van der Waals surface area contributed by atoms with Gasteiger partial charge in [0, 0.05) is 52.4 Å². The number of fused-ring (bicyclic) bond motifs is 8. The van der Waals surface area contributed by atoms with Crippen LogP contribution in [0.1, 0.15) is 39.8 Å². The fraction of sp³-hybridized carbons (Fsp3) is 0.200. The van der Waals surface area contributed by atoms with E-state index in [2.05, 4.69) is 0 Å². The molecule has 0 aromatic heterocycles. The van der Waals surface area contributed by atoms with Gasteiger partial charge in [-0.15, -0.1) is 0 Å². The molecule has 0 saturated heterocycles. The molecule has 0 radical (unpaired) electrons. The van der Waals surface area contributed by atoms with Crippen molar-refractivity contribution in [2.45, 2.75) is 36.4 Å². The summed E-state index contributed by atoms with van der Waals surface area (Å²) in [7, 11) is 0. The number of hydrogen-bond acceptors (Lipinski definition) is 14. The molecule has 228 valence electrons. The van der Waals surface area contributed by atoms with Crippen LogP contribution in [-0.4, -0.2) is 68.4 Å². The lowest BCUT2D eigenvalue weighted by Gasteiger charge is -2.50. The highest BCUT2D eigenvalue weighted by atomic mass is 16.7. The first-order valence-corrected chi connectivity index (χ1v) is 13.2. The Morgan fingerprint density at radius 3 is 1.80 bits per heavy atom. The van der Waals surface area contributed by atoms with E-state index in [1.165, 1.54) is 6.07 Å². The predicted octanol–water partition coefficient (Wildman–Crippen LogP) is 2.20. The van der Waals surface area contributed by atoms with Gasteiger partial charge in [-0.3, -0.25) is 0 Å². The van der Waals surface area contributed by atoms with Crippen LogP contribution in [-0.2, 0) is 12.2 Å². The first kappa shape index (κ1) is 27.2. The summed E-state index contributed by atoms with van der Waals surface area (Å²) >= 11 is 0. The van der Waals surface area contributed by atoms with Crippen molar-refractivity contribution in [1.29, 1.82) is 0 Å². The van der Waals surface area contributed by atoms with Gasteiger partial charge in [0.25, 0.3) is 0 Å². The lowest BCUT2D eigenvalue weighted by Crippen LogP contribution is -2.57. The Morgan fingerprint density at radius 2 is 1.18 bits per heavy atom. The minimum absolute atomic E-state index is 0.0261. The fourth-order valence-electron chi connectivity index (χ4n) is 6.23. The van der Waals surface area contributed by atoms with Gasteiger partial charge in [-0.05, 0) is 24.3 Å². The summed E-state index contributed by atoms with van der Waals surface area (Å²) in [5.74, 6) is -9.88. The van der Waals surface area contributed by atoms with Crippen molar-refractivity contribution < 1.29 is 70.4 Å². The van der Waals surface area contributed by atoms with Gasteiger partial charge in [0.05, 0.1) is 12.0 Å². The summed E-state index contributed by atoms with van der Waals surface area (Å²) in [4.78, 5) is 0. The van der Waals surface area contributed by atoms with Gasteiger partial charge in [0.2, 0.25) is 0 Å². The number of phenols is 9. The van der Waals surface area contributed by atoms with E-state index in [1.807, 2.05) is 0 Å². The van der Waals surface area contributed by atoms with Gasteiger partial charge in [0.15, 0.2) is 40.6 Å². The van der Waals surface area contributed by atoms with Crippen molar-refractivity contribution in [1.82, 2.24) is 0 Å². The van der Waals surface area contributed by atoms with Gasteiger partial charge in [-0.2, -0.15) is 0 Å². The molecule has 0 spiro atoms. The number of aliphatic hydroxyl groups is 2. The van der Waals surface area contributed by atoms with E-state index in [4.69, 9.17) is 14.2 Å². The second-order valence-corrected chi connectivity index (χ2v) is 10.9. The van der Waals surface area contributed by atoms with Crippen LogP contribution >= 0.6 is 0 Å². The van der Waals surface area contributed by atoms with Gasteiger partial charge in [-0.1, -0.05) is 0 Å². The molecule has 4 aromatic carbocycles. The minimum Gasteiger partial charge on any atom is -0.508 e. The number of hydrogen-bond donors (Lipinski definition) is 11. The molecule has 0 aliphatic carbocycles. The number of rotatable bonds is 2. The van der Waals surface area contributed by atoms with Gasteiger partial charge in [0.1, 0.15) is 40.6 Å². The Morgan fingerprint density at radius 1 is 0.614 bits per heavy atom. The summed E-state index contributed by atoms with van der Waals surface area (Å²) in [6, 6.07) is 7.40. The van der Waals surface area contributed by atoms with E-state index in [9.17, 15) is 56.2 Å². The molecule has 14 heteroatoms. The topological polar surface area (TPSA) is 250 Å². The van der Waals surface area contributed by atoms with Crippen molar-refractivity contribution in [2.24, 2.45) is 0 Å². The number of aliphatic hydroxyl groups excluding tert-OH is 2. The molecule has 3 aliphatic heterocycles. The maximum Gasteiger partial charge on any atom is 0.305 e. The van der Waals surface area contributed by atoms with Crippen molar-refractivity contribution in [3.63, 3.8) is 0 Å². The second kappa shape index (κ2) is 8.95. The van der Waals surface area contributed by atoms with E-state index in [0.29, 0.717) is 0 Å². The molecule has 7 rings (SSSR count). The van der Waals surface area contributed by atoms with Crippen LogP contribution in [0, 0.1) is 0 Å². The van der Waals surface area contributed by atoms with Crippen LogP contribution in [0.4, 0.5) is 0 Å². The van der Waals surface area contributed by atoms with Crippen molar-refractivity contribution in [2.75, 3.05) is 0 Å². The quantitative estimate of drug-likeness (QED) is 0.146. The summed E-state index contributed by atoms with van der Waals surface area (Å²) in [5, 5.41) is 116. The minimum atomic E-state index is -2.30. The average Bonchev–Trinajstić information content (AvgIpc) is 2.94. The number of benzene rings is 4. The third-order valence-corrected chi connectivity index (χ3v) is 8.22. The van der Waals surface area contributed by atoms with Crippen LogP contribution in [0.2, 0.25) is 0 Å². The lowest BCUT2D eigenvalue weighted by atomic mass is 9.74. The largest absolute Gasteiger partial charge is 0.508 e. The SMILES string of the molecule is Oc1cc(O)c2c(c1)O[C@]1(c3cc(O)c(O)c(O)c3)Oc3cc(O)c4c(c3[C@H]2C1O)O[C@H](c1cc(O)c(O)c(O)c1)[C@@H](O)C4. The van der Waals surface area contributed by atoms with E-state index in [-0.39, 0.29) is 51.5 Å². The van der Waals surface area contributed by atoms with Crippen LogP contribution < -0.4 is 14.2 Å². The van der Waals surface area contributed by atoms with Crippen molar-refractivity contribution in [3.8, 4) is 69.0 Å². The van der Waals surface area contributed by atoms with E-state index in [1.54, 1.807) is 0 Å². The Bertz CT molecular complexity index is 1840. The van der Waals surface area contributed by atoms with E-state index >= 15 is 0 Å². The smallest absolute Gasteiger partial charge is 0.305 e. The molecule has 4 aromatic rings. The second-order valence-electron chi connectivity index (χ2n) is 10.9. The zero-order valence-electron chi connectivity index (χ0n) is 22.2. The number of ether oxygens (including phenoxy) is 3. The summed E-state index contributed by atoms with van der Waals surface area (Å²) in [5.41, 5.74) is -0.00268. The highest BCUT2D eigenvalue weighted by molar-refractivity contribution is 5.68. The summed E-state index contributed by atoms with van der Waals surface area (Å²) in [6.45, 7) is 0. The number of aromatic hydroxyl groups is 9. The van der Waals surface area contributed by atoms with Gasteiger partial charge >= 0.3 is 5.79 Å². The van der Waals surface area contributed by atoms with Crippen LogP contribution in [0.3, 0.4) is 0 Å². The zero-order chi connectivity index (χ0) is 31.4. The van der Waals surface area contributed by atoms with Crippen LogP contribution in [0.25, 0.3) is 0 Å². The third kappa shape index (κ3) is 3.61. The maximum atomic E-state index is 11.9. The molecule has 5 atom stereocenters. The molecular formula is C30H24O14.